The van der Waals surface area contributed by atoms with E-state index in [0.29, 0.717) is 6.07 Å². The van der Waals surface area contributed by atoms with Gasteiger partial charge in [-0.2, -0.15) is 13.2 Å². The predicted molar refractivity (Wildman–Crippen MR) is 63.8 cm³/mol. The quantitative estimate of drug-likeness (QED) is 0.860. The highest BCUT2D eigenvalue weighted by Crippen LogP contribution is 2.34. The van der Waals surface area contributed by atoms with Crippen molar-refractivity contribution in [2.24, 2.45) is 0 Å². The summed E-state index contributed by atoms with van der Waals surface area (Å²) in [6.07, 6.45) is -4.60. The Morgan fingerprint density at radius 3 is 2.45 bits per heavy atom. The largest absolute Gasteiger partial charge is 0.508 e. The fourth-order valence-corrected chi connectivity index (χ4v) is 1.67. The first-order valence-electron chi connectivity index (χ1n) is 5.64. The van der Waals surface area contributed by atoms with E-state index < -0.39 is 23.3 Å². The second kappa shape index (κ2) is 5.40. The monoisotopic (exact) mass is 286 g/mol. The molecule has 1 N–H and O–H groups in total. The fourth-order valence-electron chi connectivity index (χ4n) is 1.67. The molecule has 0 aliphatic heterocycles. The van der Waals surface area contributed by atoms with Gasteiger partial charge in [-0.1, -0.05) is 12.1 Å². The number of halogens is 4. The fraction of sp³-hybridized carbons (Fsp3) is 0.143. The van der Waals surface area contributed by atoms with E-state index in [1.54, 1.807) is 0 Å². The van der Waals surface area contributed by atoms with E-state index in [0.717, 1.165) is 18.2 Å². The standard InChI is InChI=1S/C14H10F4O2/c15-10-2-1-3-12(6-10)20-8-9-4-5-11(19)7-13(9)14(16,17)18/h1-7,19H,8H2. The summed E-state index contributed by atoms with van der Waals surface area (Å²) in [6, 6.07) is 8.01. The smallest absolute Gasteiger partial charge is 0.416 e. The number of benzene rings is 2. The molecule has 0 unspecified atom stereocenters. The van der Waals surface area contributed by atoms with Gasteiger partial charge in [-0.3, -0.25) is 0 Å². The lowest BCUT2D eigenvalue weighted by molar-refractivity contribution is -0.138. The number of rotatable bonds is 3. The minimum absolute atomic E-state index is 0.131. The molecule has 0 amide bonds. The highest BCUT2D eigenvalue weighted by molar-refractivity contribution is 5.37. The van der Waals surface area contributed by atoms with E-state index in [2.05, 4.69) is 0 Å². The van der Waals surface area contributed by atoms with E-state index in [4.69, 9.17) is 9.84 Å². The number of aromatic hydroxyl groups is 1. The lowest BCUT2D eigenvalue weighted by atomic mass is 10.1. The van der Waals surface area contributed by atoms with Crippen LogP contribution in [0.3, 0.4) is 0 Å². The molecule has 0 atom stereocenters. The molecule has 6 heteroatoms. The molecule has 2 aromatic carbocycles. The molecule has 106 valence electrons. The SMILES string of the molecule is Oc1ccc(COc2cccc(F)c2)c(C(F)(F)F)c1. The summed E-state index contributed by atoms with van der Waals surface area (Å²) >= 11 is 0. The van der Waals surface area contributed by atoms with Gasteiger partial charge < -0.3 is 9.84 Å². The summed E-state index contributed by atoms with van der Waals surface area (Å²) in [4.78, 5) is 0. The van der Waals surface area contributed by atoms with Crippen molar-refractivity contribution in [1.82, 2.24) is 0 Å². The Kier molecular flexibility index (Phi) is 3.83. The molecular weight excluding hydrogens is 276 g/mol. The third-order valence-corrected chi connectivity index (χ3v) is 2.59. The molecule has 2 aromatic rings. The van der Waals surface area contributed by atoms with Gasteiger partial charge in [-0.15, -0.1) is 0 Å². The van der Waals surface area contributed by atoms with Gasteiger partial charge in [0.1, 0.15) is 23.9 Å². The Labute approximate surface area is 112 Å². The maximum atomic E-state index is 12.9. The van der Waals surface area contributed by atoms with Gasteiger partial charge in [-0.25, -0.2) is 4.39 Å². The van der Waals surface area contributed by atoms with E-state index >= 15 is 0 Å². The molecule has 2 nitrogen and oxygen atoms in total. The second-order valence-corrected chi connectivity index (χ2v) is 4.09. The Morgan fingerprint density at radius 2 is 1.80 bits per heavy atom. The van der Waals surface area contributed by atoms with Crippen LogP contribution in [0.5, 0.6) is 11.5 Å². The molecule has 2 rings (SSSR count). The Bertz CT molecular complexity index is 608. The van der Waals surface area contributed by atoms with Crippen LogP contribution in [0.4, 0.5) is 17.6 Å². The van der Waals surface area contributed by atoms with Crippen molar-refractivity contribution in [2.45, 2.75) is 12.8 Å². The van der Waals surface area contributed by atoms with Crippen molar-refractivity contribution in [3.05, 3.63) is 59.4 Å². The van der Waals surface area contributed by atoms with Crippen LogP contribution in [0.1, 0.15) is 11.1 Å². The van der Waals surface area contributed by atoms with Crippen LogP contribution in [-0.2, 0) is 12.8 Å². The van der Waals surface area contributed by atoms with Gasteiger partial charge in [0.05, 0.1) is 5.56 Å². The Morgan fingerprint density at radius 1 is 1.05 bits per heavy atom. The van der Waals surface area contributed by atoms with Crippen LogP contribution in [0.15, 0.2) is 42.5 Å². The molecule has 0 radical (unpaired) electrons. The van der Waals surface area contributed by atoms with Gasteiger partial charge in [0.2, 0.25) is 0 Å². The number of phenolic OH excluding ortho intramolecular Hbond substituents is 1. The topological polar surface area (TPSA) is 29.5 Å². The van der Waals surface area contributed by atoms with Crippen molar-refractivity contribution in [3.63, 3.8) is 0 Å². The average Bonchev–Trinajstić information content (AvgIpc) is 2.36. The minimum Gasteiger partial charge on any atom is -0.508 e. The number of phenols is 1. The molecule has 0 aliphatic rings. The molecule has 0 heterocycles. The predicted octanol–water partition coefficient (Wildman–Crippen LogP) is 4.13. The maximum absolute atomic E-state index is 12.9. The number of ether oxygens (including phenoxy) is 1. The first kappa shape index (κ1) is 14.2. The summed E-state index contributed by atoms with van der Waals surface area (Å²) in [5.41, 5.74) is -1.12. The number of alkyl halides is 3. The number of hydrogen-bond donors (Lipinski definition) is 1. The van der Waals surface area contributed by atoms with Crippen molar-refractivity contribution < 1.29 is 27.4 Å². The molecular formula is C14H10F4O2. The molecule has 0 bridgehead atoms. The van der Waals surface area contributed by atoms with E-state index in [-0.39, 0.29) is 17.9 Å². The zero-order valence-corrected chi connectivity index (χ0v) is 10.1. The molecule has 0 saturated heterocycles. The molecule has 0 fully saturated rings. The second-order valence-electron chi connectivity index (χ2n) is 4.09. The zero-order valence-electron chi connectivity index (χ0n) is 10.1. The zero-order chi connectivity index (χ0) is 14.8. The summed E-state index contributed by atoms with van der Waals surface area (Å²) < 4.78 is 56.4. The normalized spacial score (nSPS) is 11.4. The highest BCUT2D eigenvalue weighted by atomic mass is 19.4. The molecule has 0 aliphatic carbocycles. The van der Waals surface area contributed by atoms with E-state index in [1.165, 1.54) is 18.2 Å². The lowest BCUT2D eigenvalue weighted by Crippen LogP contribution is -2.10. The molecule has 0 saturated carbocycles. The van der Waals surface area contributed by atoms with Gasteiger partial charge in [0.15, 0.2) is 0 Å². The Hall–Kier alpha value is -2.24. The van der Waals surface area contributed by atoms with Gasteiger partial charge in [0, 0.05) is 11.6 Å². The Balaban J connectivity index is 2.21. The minimum atomic E-state index is -4.60. The first-order valence-corrected chi connectivity index (χ1v) is 5.64. The average molecular weight is 286 g/mol. The summed E-state index contributed by atoms with van der Waals surface area (Å²) in [7, 11) is 0. The van der Waals surface area contributed by atoms with Crippen molar-refractivity contribution in [2.75, 3.05) is 0 Å². The van der Waals surface area contributed by atoms with Gasteiger partial charge >= 0.3 is 6.18 Å². The maximum Gasteiger partial charge on any atom is 0.416 e. The van der Waals surface area contributed by atoms with Crippen LogP contribution in [0.25, 0.3) is 0 Å². The third-order valence-electron chi connectivity index (χ3n) is 2.59. The highest BCUT2D eigenvalue weighted by Gasteiger charge is 2.33. The van der Waals surface area contributed by atoms with Gasteiger partial charge in [-0.05, 0) is 24.3 Å². The summed E-state index contributed by atoms with van der Waals surface area (Å²) in [5.74, 6) is -0.887. The summed E-state index contributed by atoms with van der Waals surface area (Å²) in [5, 5.41) is 9.13. The van der Waals surface area contributed by atoms with E-state index in [1.807, 2.05) is 0 Å². The first-order chi connectivity index (χ1) is 9.36. The van der Waals surface area contributed by atoms with Crippen LogP contribution in [0, 0.1) is 5.82 Å². The van der Waals surface area contributed by atoms with Crippen LogP contribution >= 0.6 is 0 Å². The van der Waals surface area contributed by atoms with Crippen molar-refractivity contribution in [3.8, 4) is 11.5 Å². The van der Waals surface area contributed by atoms with E-state index in [9.17, 15) is 17.6 Å². The molecule has 0 aromatic heterocycles. The van der Waals surface area contributed by atoms with Gasteiger partial charge in [0.25, 0.3) is 0 Å². The van der Waals surface area contributed by atoms with Crippen molar-refractivity contribution in [1.29, 1.82) is 0 Å². The van der Waals surface area contributed by atoms with Crippen LogP contribution in [-0.4, -0.2) is 5.11 Å². The molecule has 20 heavy (non-hydrogen) atoms. The van der Waals surface area contributed by atoms with Crippen molar-refractivity contribution >= 4 is 0 Å². The molecule has 0 spiro atoms. The lowest BCUT2D eigenvalue weighted by Gasteiger charge is -2.14. The number of hydrogen-bond acceptors (Lipinski definition) is 2. The van der Waals surface area contributed by atoms with Crippen LogP contribution in [0.2, 0.25) is 0 Å². The van der Waals surface area contributed by atoms with Crippen LogP contribution < -0.4 is 4.74 Å². The summed E-state index contributed by atoms with van der Waals surface area (Å²) in [6.45, 7) is -0.376. The third kappa shape index (κ3) is 3.40.